The minimum atomic E-state index is -2.49. The van der Waals surface area contributed by atoms with E-state index in [-0.39, 0.29) is 17.6 Å². The highest BCUT2D eigenvalue weighted by molar-refractivity contribution is 5.96. The molecule has 3 aromatic carbocycles. The molecule has 0 fully saturated rings. The lowest BCUT2D eigenvalue weighted by molar-refractivity contribution is -0.667. The molecule has 33 heavy (non-hydrogen) atoms. The Balaban J connectivity index is 1.90. The molecule has 4 aromatic rings. The smallest absolute Gasteiger partial charge is 0.213 e. The molecule has 0 N–H and O–H groups in total. The fourth-order valence-electron chi connectivity index (χ4n) is 5.33. The Morgan fingerprint density at radius 3 is 2.21 bits per heavy atom. The van der Waals surface area contributed by atoms with Crippen LogP contribution in [0.2, 0.25) is 0 Å². The Morgan fingerprint density at radius 2 is 1.55 bits per heavy atom. The second kappa shape index (κ2) is 7.42. The van der Waals surface area contributed by atoms with Crippen LogP contribution in [0.5, 0.6) is 0 Å². The number of rotatable bonds is 2. The third kappa shape index (κ3) is 2.96. The minimum Gasteiger partial charge on any atom is -0.238 e. The Kier molecular flexibility index (Phi) is 3.60. The summed E-state index contributed by atoms with van der Waals surface area (Å²) in [5.41, 5.74) is 8.80. The first-order valence-electron chi connectivity index (χ1n) is 13.6. The summed E-state index contributed by atoms with van der Waals surface area (Å²) in [7, 11) is 1.78. The fourth-order valence-corrected chi connectivity index (χ4v) is 5.33. The molecule has 0 unspecified atom stereocenters. The van der Waals surface area contributed by atoms with Gasteiger partial charge in [0.2, 0.25) is 5.69 Å². The normalized spacial score (nSPS) is 15.9. The van der Waals surface area contributed by atoms with Gasteiger partial charge in [-0.05, 0) is 58.8 Å². The summed E-state index contributed by atoms with van der Waals surface area (Å²) >= 11 is 0. The van der Waals surface area contributed by atoms with E-state index in [1.807, 2.05) is 55.5 Å². The van der Waals surface area contributed by atoms with Gasteiger partial charge in [0.15, 0.2) is 11.4 Å². The van der Waals surface area contributed by atoms with Crippen molar-refractivity contribution in [2.45, 2.75) is 40.0 Å². The molecule has 0 bridgehead atoms. The van der Waals surface area contributed by atoms with Gasteiger partial charge in [-0.3, -0.25) is 0 Å². The second-order valence-corrected chi connectivity index (χ2v) is 9.28. The third-order valence-corrected chi connectivity index (χ3v) is 7.06. The van der Waals surface area contributed by atoms with Crippen molar-refractivity contribution in [1.82, 2.24) is 0 Å². The average molecular weight is 435 g/mol. The van der Waals surface area contributed by atoms with Gasteiger partial charge in [0.05, 0.1) is 14.9 Å². The summed E-state index contributed by atoms with van der Waals surface area (Å²) < 4.78 is 43.3. The van der Waals surface area contributed by atoms with Crippen LogP contribution >= 0.6 is 0 Å². The number of fused-ring (bicyclic) bond motifs is 3. The Hall–Kier alpha value is -3.70. The summed E-state index contributed by atoms with van der Waals surface area (Å²) in [4.78, 5) is 3.87. The van der Waals surface area contributed by atoms with Gasteiger partial charge in [0, 0.05) is 28.1 Å². The second-order valence-electron chi connectivity index (χ2n) is 9.28. The first-order valence-corrected chi connectivity index (χ1v) is 11.1. The number of aromatic nitrogens is 1. The maximum absolute atomic E-state index is 8.98. The number of nitrogens with zero attached hydrogens (tertiary/aromatic N) is 2. The molecule has 0 aliphatic heterocycles. The summed E-state index contributed by atoms with van der Waals surface area (Å²) in [5, 5.41) is 0. The molecular formula is C31H29N2+. The molecule has 0 saturated carbocycles. The summed E-state index contributed by atoms with van der Waals surface area (Å²) in [6, 6.07) is 17.6. The number of hydrogen-bond acceptors (Lipinski definition) is 0. The fraction of sp³-hybridized carbons (Fsp3) is 0.226. The van der Waals surface area contributed by atoms with Gasteiger partial charge in [-0.25, -0.2) is 4.85 Å². The van der Waals surface area contributed by atoms with E-state index >= 15 is 0 Å². The molecule has 1 aliphatic rings. The Labute approximate surface area is 204 Å². The van der Waals surface area contributed by atoms with Crippen LogP contribution in [0.4, 0.5) is 5.69 Å². The molecular weight excluding hydrogens is 400 g/mol. The Bertz CT molecular complexity index is 1650. The van der Waals surface area contributed by atoms with Gasteiger partial charge < -0.3 is 0 Å². The minimum absolute atomic E-state index is 0.0883. The first-order chi connectivity index (χ1) is 17.8. The highest BCUT2D eigenvalue weighted by atomic mass is 14.9. The van der Waals surface area contributed by atoms with Crippen LogP contribution in [0.25, 0.3) is 38.4 Å². The van der Waals surface area contributed by atoms with Crippen LogP contribution in [0.1, 0.15) is 48.6 Å². The lowest BCUT2D eigenvalue weighted by Crippen LogP contribution is -2.36. The molecule has 5 rings (SSSR count). The van der Waals surface area contributed by atoms with E-state index in [9.17, 15) is 0 Å². The van der Waals surface area contributed by atoms with Crippen LogP contribution in [0.15, 0.2) is 66.7 Å². The molecule has 162 valence electrons. The van der Waals surface area contributed by atoms with Gasteiger partial charge in [-0.2, -0.15) is 4.57 Å². The molecule has 1 aromatic heterocycles. The Morgan fingerprint density at radius 1 is 0.879 bits per heavy atom. The number of hydrogen-bond donors (Lipinski definition) is 0. The van der Waals surface area contributed by atoms with Crippen molar-refractivity contribution in [3.05, 3.63) is 106 Å². The average Bonchev–Trinajstić information content (AvgIpc) is 3.10. The number of aryl methyl sites for hydroxylation is 1. The highest BCUT2D eigenvalue weighted by Crippen LogP contribution is 2.57. The van der Waals surface area contributed by atoms with Crippen molar-refractivity contribution < 1.29 is 11.4 Å². The van der Waals surface area contributed by atoms with E-state index in [0.29, 0.717) is 17.1 Å². The quantitative estimate of drug-likeness (QED) is 0.226. The van der Waals surface area contributed by atoms with Crippen molar-refractivity contribution in [2.24, 2.45) is 7.05 Å². The van der Waals surface area contributed by atoms with Crippen molar-refractivity contribution in [1.29, 1.82) is 0 Å². The van der Waals surface area contributed by atoms with E-state index in [4.69, 9.17) is 13.4 Å². The maximum Gasteiger partial charge on any atom is 0.213 e. The zero-order chi connectivity index (χ0) is 27.7. The SMILES string of the molecule is [2H]c1c([2H])c(-c2c(C)ccc3c2C(C)(C)c2c-3ccc([N+]#[C-])c2-c2ccccc2)[n+](C)c(C)c1C([2H])([2H])[2H]. The highest BCUT2D eigenvalue weighted by Gasteiger charge is 2.42. The molecule has 0 amide bonds. The van der Waals surface area contributed by atoms with Gasteiger partial charge in [0.25, 0.3) is 0 Å². The third-order valence-electron chi connectivity index (χ3n) is 7.06. The predicted molar refractivity (Wildman–Crippen MR) is 137 cm³/mol. The maximum atomic E-state index is 8.98. The summed E-state index contributed by atoms with van der Waals surface area (Å²) in [6.45, 7) is 13.4. The lowest BCUT2D eigenvalue weighted by Gasteiger charge is -2.27. The molecule has 2 heteroatoms. The molecule has 1 aliphatic carbocycles. The zero-order valence-corrected chi connectivity index (χ0v) is 19.6. The van der Waals surface area contributed by atoms with Crippen LogP contribution in [0, 0.1) is 27.3 Å². The van der Waals surface area contributed by atoms with Crippen molar-refractivity contribution in [3.8, 4) is 33.5 Å². The number of benzene rings is 3. The molecule has 1 heterocycles. The lowest BCUT2D eigenvalue weighted by atomic mass is 9.75. The van der Waals surface area contributed by atoms with Gasteiger partial charge >= 0.3 is 0 Å². The van der Waals surface area contributed by atoms with Crippen LogP contribution < -0.4 is 4.57 Å². The molecule has 2 nitrogen and oxygen atoms in total. The van der Waals surface area contributed by atoms with Crippen LogP contribution in [-0.2, 0) is 12.5 Å². The molecule has 0 spiro atoms. The topological polar surface area (TPSA) is 8.24 Å². The summed E-state index contributed by atoms with van der Waals surface area (Å²) in [6.07, 6.45) is 0. The summed E-state index contributed by atoms with van der Waals surface area (Å²) in [5.74, 6) is 0. The van der Waals surface area contributed by atoms with E-state index in [2.05, 4.69) is 24.8 Å². The monoisotopic (exact) mass is 434 g/mol. The number of pyridine rings is 1. The predicted octanol–water partition coefficient (Wildman–Crippen LogP) is 7.63. The van der Waals surface area contributed by atoms with E-state index in [0.717, 1.165) is 44.5 Å². The first kappa shape index (κ1) is 16.0. The molecule has 0 radical (unpaired) electrons. The van der Waals surface area contributed by atoms with Gasteiger partial charge in [-0.15, -0.1) is 0 Å². The van der Waals surface area contributed by atoms with E-state index in [1.54, 1.807) is 18.5 Å². The molecule has 0 atom stereocenters. The van der Waals surface area contributed by atoms with Crippen molar-refractivity contribution >= 4 is 5.69 Å². The largest absolute Gasteiger partial charge is 0.238 e. The van der Waals surface area contributed by atoms with E-state index < -0.39 is 12.3 Å². The van der Waals surface area contributed by atoms with E-state index in [1.165, 1.54) is 0 Å². The zero-order valence-electron chi connectivity index (χ0n) is 24.6. The van der Waals surface area contributed by atoms with Gasteiger partial charge in [0.1, 0.15) is 7.05 Å². The van der Waals surface area contributed by atoms with Crippen LogP contribution in [0.3, 0.4) is 0 Å². The van der Waals surface area contributed by atoms with Gasteiger partial charge in [-0.1, -0.05) is 68.4 Å². The molecule has 0 saturated heterocycles. The van der Waals surface area contributed by atoms with Crippen molar-refractivity contribution in [3.63, 3.8) is 0 Å². The van der Waals surface area contributed by atoms with Crippen LogP contribution in [-0.4, -0.2) is 0 Å². The standard InChI is InChI=1S/C31H29N2/c1-19-14-18-26(33(7)21(19)3)27-20(2)13-15-23-24-16-17-25(32-6)28(22-11-9-8-10-12-22)30(24)31(4,5)29(23)27/h8-18H,1-5,7H3/q+1/i1D3,14D,18D. The van der Waals surface area contributed by atoms with Crippen molar-refractivity contribution in [2.75, 3.05) is 0 Å².